The molecule has 0 bridgehead atoms. The van der Waals surface area contributed by atoms with Crippen LogP contribution >= 0.6 is 0 Å². The average molecular weight is 180 g/mol. The highest BCUT2D eigenvalue weighted by Gasteiger charge is 1.98. The first-order chi connectivity index (χ1) is 6.24. The fourth-order valence-electron chi connectivity index (χ4n) is 1.08. The number of rotatable bonds is 4. The first-order valence-electron chi connectivity index (χ1n) is 4.48. The average Bonchev–Trinajstić information content (AvgIpc) is 2.09. The molecule has 13 heavy (non-hydrogen) atoms. The molecule has 0 aliphatic rings. The molecule has 0 aromatic carbocycles. The summed E-state index contributed by atoms with van der Waals surface area (Å²) in [6, 6.07) is 0. The zero-order valence-corrected chi connectivity index (χ0v) is 8.17. The van der Waals surface area contributed by atoms with E-state index in [1.807, 2.05) is 20.0 Å². The first kappa shape index (κ1) is 9.92. The van der Waals surface area contributed by atoms with Crippen LogP contribution in [0.4, 0.5) is 5.69 Å². The Kier molecular flexibility index (Phi) is 3.64. The third-order valence-electron chi connectivity index (χ3n) is 1.80. The minimum absolute atomic E-state index is 0.707. The Bertz CT molecular complexity index is 272. The minimum atomic E-state index is 0.707. The van der Waals surface area contributed by atoms with Gasteiger partial charge in [0, 0.05) is 6.54 Å². The van der Waals surface area contributed by atoms with Crippen molar-refractivity contribution >= 4 is 5.69 Å². The number of anilines is 1. The molecule has 0 radical (unpaired) electrons. The second-order valence-corrected chi connectivity index (χ2v) is 2.99. The molecule has 0 saturated heterocycles. The van der Waals surface area contributed by atoms with Crippen molar-refractivity contribution in [3.8, 4) is 0 Å². The van der Waals surface area contributed by atoms with Crippen LogP contribution in [-0.4, -0.2) is 23.1 Å². The Hall–Kier alpha value is -1.16. The summed E-state index contributed by atoms with van der Waals surface area (Å²) in [5, 5.41) is 3.24. The summed E-state index contributed by atoms with van der Waals surface area (Å²) < 4.78 is 0. The van der Waals surface area contributed by atoms with E-state index in [-0.39, 0.29) is 0 Å². The van der Waals surface area contributed by atoms with E-state index in [0.29, 0.717) is 6.54 Å². The van der Waals surface area contributed by atoms with E-state index in [0.717, 1.165) is 30.2 Å². The fourth-order valence-corrected chi connectivity index (χ4v) is 1.08. The van der Waals surface area contributed by atoms with Crippen molar-refractivity contribution in [2.75, 3.05) is 18.4 Å². The standard InChI is InChI=1S/C9H16N4/c1-7-9(11-5-3-4-10)6-12-8(2)13-7/h6,11H,3-5,10H2,1-2H3. The highest BCUT2D eigenvalue weighted by Crippen LogP contribution is 2.09. The monoisotopic (exact) mass is 180 g/mol. The Morgan fingerprint density at radius 2 is 2.23 bits per heavy atom. The molecule has 0 saturated carbocycles. The van der Waals surface area contributed by atoms with Gasteiger partial charge in [0.1, 0.15) is 5.82 Å². The van der Waals surface area contributed by atoms with Crippen LogP contribution in [0.15, 0.2) is 6.20 Å². The molecule has 0 spiro atoms. The largest absolute Gasteiger partial charge is 0.382 e. The van der Waals surface area contributed by atoms with Gasteiger partial charge in [-0.3, -0.25) is 0 Å². The Morgan fingerprint density at radius 3 is 2.85 bits per heavy atom. The van der Waals surface area contributed by atoms with E-state index >= 15 is 0 Å². The lowest BCUT2D eigenvalue weighted by Gasteiger charge is -2.07. The van der Waals surface area contributed by atoms with Crippen molar-refractivity contribution in [2.45, 2.75) is 20.3 Å². The number of aryl methyl sites for hydroxylation is 2. The lowest BCUT2D eigenvalue weighted by molar-refractivity contribution is 0.868. The van der Waals surface area contributed by atoms with E-state index in [4.69, 9.17) is 5.73 Å². The van der Waals surface area contributed by atoms with E-state index in [1.54, 1.807) is 0 Å². The zero-order valence-electron chi connectivity index (χ0n) is 8.17. The maximum atomic E-state index is 5.38. The predicted molar refractivity (Wildman–Crippen MR) is 53.7 cm³/mol. The minimum Gasteiger partial charge on any atom is -0.382 e. The van der Waals surface area contributed by atoms with Crippen LogP contribution in [0, 0.1) is 13.8 Å². The van der Waals surface area contributed by atoms with E-state index in [2.05, 4.69) is 15.3 Å². The Morgan fingerprint density at radius 1 is 1.46 bits per heavy atom. The predicted octanol–water partition coefficient (Wildman–Crippen LogP) is 0.854. The topological polar surface area (TPSA) is 63.8 Å². The summed E-state index contributed by atoms with van der Waals surface area (Å²) in [6.45, 7) is 5.44. The first-order valence-corrected chi connectivity index (χ1v) is 4.48. The van der Waals surface area contributed by atoms with Crippen molar-refractivity contribution in [3.63, 3.8) is 0 Å². The third-order valence-corrected chi connectivity index (χ3v) is 1.80. The molecular weight excluding hydrogens is 164 g/mol. The highest BCUT2D eigenvalue weighted by atomic mass is 15.0. The van der Waals surface area contributed by atoms with Crippen molar-refractivity contribution < 1.29 is 0 Å². The second-order valence-electron chi connectivity index (χ2n) is 2.99. The number of aromatic nitrogens is 2. The number of hydrogen-bond acceptors (Lipinski definition) is 4. The smallest absolute Gasteiger partial charge is 0.125 e. The van der Waals surface area contributed by atoms with Crippen LogP contribution in [0.1, 0.15) is 17.9 Å². The van der Waals surface area contributed by atoms with Crippen molar-refractivity contribution in [3.05, 3.63) is 17.7 Å². The molecular formula is C9H16N4. The second kappa shape index (κ2) is 4.77. The molecule has 1 heterocycles. The van der Waals surface area contributed by atoms with Gasteiger partial charge in [0.25, 0.3) is 0 Å². The van der Waals surface area contributed by atoms with Crippen LogP contribution in [0.3, 0.4) is 0 Å². The summed E-state index contributed by atoms with van der Waals surface area (Å²) >= 11 is 0. The van der Waals surface area contributed by atoms with Crippen LogP contribution in [0.2, 0.25) is 0 Å². The molecule has 0 amide bonds. The molecule has 0 unspecified atom stereocenters. The molecule has 0 fully saturated rings. The summed E-state index contributed by atoms with van der Waals surface area (Å²) in [5.74, 6) is 0.807. The molecule has 4 nitrogen and oxygen atoms in total. The van der Waals surface area contributed by atoms with Gasteiger partial charge >= 0.3 is 0 Å². The molecule has 4 heteroatoms. The van der Waals surface area contributed by atoms with E-state index < -0.39 is 0 Å². The Labute approximate surface area is 78.6 Å². The van der Waals surface area contributed by atoms with Gasteiger partial charge in [-0.05, 0) is 26.8 Å². The number of hydrogen-bond donors (Lipinski definition) is 2. The summed E-state index contributed by atoms with van der Waals surface area (Å²) in [5.41, 5.74) is 7.37. The summed E-state index contributed by atoms with van der Waals surface area (Å²) in [7, 11) is 0. The highest BCUT2D eigenvalue weighted by molar-refractivity contribution is 5.44. The summed E-state index contributed by atoms with van der Waals surface area (Å²) in [4.78, 5) is 8.36. The molecule has 72 valence electrons. The molecule has 3 N–H and O–H groups in total. The van der Waals surface area contributed by atoms with E-state index in [9.17, 15) is 0 Å². The SMILES string of the molecule is Cc1ncc(NCCCN)c(C)n1. The number of nitrogens with zero attached hydrogens (tertiary/aromatic N) is 2. The van der Waals surface area contributed by atoms with Gasteiger partial charge in [-0.25, -0.2) is 9.97 Å². The fraction of sp³-hybridized carbons (Fsp3) is 0.556. The summed E-state index contributed by atoms with van der Waals surface area (Å²) in [6.07, 6.45) is 2.78. The van der Waals surface area contributed by atoms with Gasteiger partial charge < -0.3 is 11.1 Å². The van der Waals surface area contributed by atoms with Gasteiger partial charge in [-0.2, -0.15) is 0 Å². The Balaban J connectivity index is 2.56. The van der Waals surface area contributed by atoms with Gasteiger partial charge in [-0.1, -0.05) is 0 Å². The van der Waals surface area contributed by atoms with Gasteiger partial charge in [0.15, 0.2) is 0 Å². The van der Waals surface area contributed by atoms with Crippen molar-refractivity contribution in [1.29, 1.82) is 0 Å². The molecule has 1 aromatic rings. The quantitative estimate of drug-likeness (QED) is 0.674. The van der Waals surface area contributed by atoms with Gasteiger partial charge in [0.05, 0.1) is 17.6 Å². The van der Waals surface area contributed by atoms with Crippen LogP contribution in [0.25, 0.3) is 0 Å². The third kappa shape index (κ3) is 2.99. The van der Waals surface area contributed by atoms with Gasteiger partial charge in [0.2, 0.25) is 0 Å². The van der Waals surface area contributed by atoms with Crippen molar-refractivity contribution in [1.82, 2.24) is 9.97 Å². The number of nitrogens with one attached hydrogen (secondary N) is 1. The molecule has 1 rings (SSSR count). The maximum absolute atomic E-state index is 5.38. The maximum Gasteiger partial charge on any atom is 0.125 e. The zero-order chi connectivity index (χ0) is 9.68. The van der Waals surface area contributed by atoms with Gasteiger partial charge in [-0.15, -0.1) is 0 Å². The molecule has 0 aliphatic carbocycles. The van der Waals surface area contributed by atoms with Crippen LogP contribution < -0.4 is 11.1 Å². The van der Waals surface area contributed by atoms with Crippen molar-refractivity contribution in [2.24, 2.45) is 5.73 Å². The lowest BCUT2D eigenvalue weighted by atomic mass is 10.3. The van der Waals surface area contributed by atoms with Crippen LogP contribution in [0.5, 0.6) is 0 Å². The lowest BCUT2D eigenvalue weighted by Crippen LogP contribution is -2.10. The van der Waals surface area contributed by atoms with E-state index in [1.165, 1.54) is 0 Å². The molecule has 0 aliphatic heterocycles. The molecule has 0 atom stereocenters. The number of nitrogens with two attached hydrogens (primary N) is 1. The molecule has 1 aromatic heterocycles. The normalized spacial score (nSPS) is 10.1. The van der Waals surface area contributed by atoms with Crippen LogP contribution in [-0.2, 0) is 0 Å².